The average Bonchev–Trinajstić information content (AvgIpc) is 2.67. The van der Waals surface area contributed by atoms with Gasteiger partial charge in [0.1, 0.15) is 5.75 Å². The van der Waals surface area contributed by atoms with Gasteiger partial charge in [-0.3, -0.25) is 4.79 Å². The zero-order valence-corrected chi connectivity index (χ0v) is 14.6. The average molecular weight is 319 g/mol. The van der Waals surface area contributed by atoms with Crippen LogP contribution in [0.1, 0.15) is 47.5 Å². The maximum Gasteiger partial charge on any atom is 0.494 e. The lowest BCUT2D eigenvalue weighted by molar-refractivity contribution is -0.125. The third-order valence-electron chi connectivity index (χ3n) is 4.53. The lowest BCUT2D eigenvalue weighted by atomic mass is 9.79. The highest BCUT2D eigenvalue weighted by Gasteiger charge is 2.51. The van der Waals surface area contributed by atoms with Gasteiger partial charge in [-0.2, -0.15) is 0 Å². The number of benzene rings is 1. The minimum atomic E-state index is -0.617. The maximum atomic E-state index is 11.5. The number of ether oxygens (including phenoxy) is 1. The number of rotatable bonds is 6. The van der Waals surface area contributed by atoms with Crippen LogP contribution >= 0.6 is 0 Å². The van der Waals surface area contributed by atoms with Crippen molar-refractivity contribution in [2.24, 2.45) is 5.73 Å². The number of amides is 1. The lowest BCUT2D eigenvalue weighted by Gasteiger charge is -2.32. The van der Waals surface area contributed by atoms with Gasteiger partial charge in [-0.15, -0.1) is 0 Å². The monoisotopic (exact) mass is 319 g/mol. The summed E-state index contributed by atoms with van der Waals surface area (Å²) in [7, 11) is -0.457. The van der Waals surface area contributed by atoms with E-state index in [0.29, 0.717) is 12.2 Å². The number of hydrogen-bond acceptors (Lipinski definition) is 4. The highest BCUT2D eigenvalue weighted by Crippen LogP contribution is 2.36. The van der Waals surface area contributed by atoms with Crippen LogP contribution in [0.25, 0.3) is 0 Å². The molecule has 1 unspecified atom stereocenters. The van der Waals surface area contributed by atoms with E-state index in [-0.39, 0.29) is 0 Å². The predicted octanol–water partition coefficient (Wildman–Crippen LogP) is 2.02. The molecule has 1 saturated heterocycles. The summed E-state index contributed by atoms with van der Waals surface area (Å²) in [4.78, 5) is 11.5. The van der Waals surface area contributed by atoms with Crippen LogP contribution in [-0.4, -0.2) is 30.3 Å². The van der Waals surface area contributed by atoms with Gasteiger partial charge in [-0.05, 0) is 51.7 Å². The molecule has 0 aromatic heterocycles. The van der Waals surface area contributed by atoms with E-state index in [9.17, 15) is 4.79 Å². The molecule has 1 heterocycles. The van der Waals surface area contributed by atoms with Crippen molar-refractivity contribution in [1.82, 2.24) is 0 Å². The highest BCUT2D eigenvalue weighted by atomic mass is 16.7. The molecule has 2 rings (SSSR count). The van der Waals surface area contributed by atoms with Crippen LogP contribution in [0.4, 0.5) is 0 Å². The molecule has 1 aromatic rings. The molecule has 1 aliphatic heterocycles. The Morgan fingerprint density at radius 1 is 1.26 bits per heavy atom. The van der Waals surface area contributed by atoms with Crippen molar-refractivity contribution in [2.45, 2.75) is 64.8 Å². The number of carbonyl (C=O) groups excluding carboxylic acids is 1. The summed E-state index contributed by atoms with van der Waals surface area (Å²) < 4.78 is 17.8. The molecule has 1 fully saturated rings. The van der Waals surface area contributed by atoms with Crippen LogP contribution < -0.4 is 15.9 Å². The van der Waals surface area contributed by atoms with Crippen LogP contribution in [0.15, 0.2) is 24.3 Å². The topological polar surface area (TPSA) is 70.8 Å². The fourth-order valence-corrected chi connectivity index (χ4v) is 2.40. The van der Waals surface area contributed by atoms with Gasteiger partial charge in [-0.25, -0.2) is 0 Å². The van der Waals surface area contributed by atoms with Crippen molar-refractivity contribution >= 4 is 18.5 Å². The number of nitrogens with two attached hydrogens (primary N) is 1. The highest BCUT2D eigenvalue weighted by molar-refractivity contribution is 6.62. The summed E-state index contributed by atoms with van der Waals surface area (Å²) >= 11 is 0. The van der Waals surface area contributed by atoms with Gasteiger partial charge >= 0.3 is 7.12 Å². The molecule has 1 atom stereocenters. The molecule has 5 nitrogen and oxygen atoms in total. The van der Waals surface area contributed by atoms with E-state index < -0.39 is 30.3 Å². The molecular weight excluding hydrogens is 293 g/mol. The van der Waals surface area contributed by atoms with Crippen LogP contribution in [0.5, 0.6) is 5.75 Å². The third kappa shape index (κ3) is 3.87. The molecular formula is C17H26BNO4. The molecule has 23 heavy (non-hydrogen) atoms. The van der Waals surface area contributed by atoms with E-state index in [1.54, 1.807) is 6.07 Å². The van der Waals surface area contributed by atoms with Gasteiger partial charge in [0.15, 0.2) is 6.10 Å². The Morgan fingerprint density at radius 3 is 2.39 bits per heavy atom. The summed E-state index contributed by atoms with van der Waals surface area (Å²) in [5, 5.41) is 0. The zero-order chi connectivity index (χ0) is 17.3. The summed E-state index contributed by atoms with van der Waals surface area (Å²) in [5.74, 6) is 0.141. The van der Waals surface area contributed by atoms with Crippen molar-refractivity contribution in [2.75, 3.05) is 0 Å². The van der Waals surface area contributed by atoms with Crippen molar-refractivity contribution in [3.63, 3.8) is 0 Å². The molecule has 0 saturated carbocycles. The van der Waals surface area contributed by atoms with Crippen LogP contribution in [0.3, 0.4) is 0 Å². The van der Waals surface area contributed by atoms with Crippen molar-refractivity contribution in [3.8, 4) is 5.75 Å². The van der Waals surface area contributed by atoms with E-state index in [4.69, 9.17) is 19.8 Å². The second-order valence-corrected chi connectivity index (χ2v) is 6.96. The quantitative estimate of drug-likeness (QED) is 0.814. The second-order valence-electron chi connectivity index (χ2n) is 6.96. The van der Waals surface area contributed by atoms with Gasteiger partial charge in [-0.1, -0.05) is 25.5 Å². The fraction of sp³-hybridized carbons (Fsp3) is 0.588. The molecule has 1 amide bonds. The Balaban J connectivity index is 2.16. The molecule has 0 aliphatic carbocycles. The molecule has 1 aliphatic rings. The van der Waals surface area contributed by atoms with Gasteiger partial charge in [0.2, 0.25) is 0 Å². The van der Waals surface area contributed by atoms with E-state index in [2.05, 4.69) is 0 Å². The van der Waals surface area contributed by atoms with Crippen molar-refractivity contribution in [1.29, 1.82) is 0 Å². The van der Waals surface area contributed by atoms with E-state index in [1.807, 2.05) is 52.8 Å². The normalized spacial score (nSPS) is 20.3. The van der Waals surface area contributed by atoms with Gasteiger partial charge < -0.3 is 19.8 Å². The summed E-state index contributed by atoms with van der Waals surface area (Å²) in [6.07, 6.45) is 0.800. The zero-order valence-electron chi connectivity index (χ0n) is 14.6. The van der Waals surface area contributed by atoms with E-state index in [0.717, 1.165) is 11.9 Å². The fourth-order valence-electron chi connectivity index (χ4n) is 2.40. The summed E-state index contributed by atoms with van der Waals surface area (Å²) in [6.45, 7) is 10.0. The first kappa shape index (κ1) is 17.8. The Labute approximate surface area is 138 Å². The van der Waals surface area contributed by atoms with E-state index >= 15 is 0 Å². The summed E-state index contributed by atoms with van der Waals surface area (Å²) in [6, 6.07) is 7.43. The first-order valence-electron chi connectivity index (χ1n) is 8.08. The molecule has 0 spiro atoms. The number of primary amides is 1. The summed E-state index contributed by atoms with van der Waals surface area (Å²) in [5.41, 5.74) is 5.46. The van der Waals surface area contributed by atoms with Crippen molar-refractivity contribution < 1.29 is 18.8 Å². The molecule has 126 valence electrons. The minimum absolute atomic E-state index is 0.396. The predicted molar refractivity (Wildman–Crippen MR) is 90.7 cm³/mol. The second kappa shape index (κ2) is 6.53. The molecule has 1 aromatic carbocycles. The van der Waals surface area contributed by atoms with Crippen LogP contribution in [-0.2, 0) is 14.1 Å². The van der Waals surface area contributed by atoms with Gasteiger partial charge in [0.05, 0.1) is 11.2 Å². The minimum Gasteiger partial charge on any atom is -0.481 e. The lowest BCUT2D eigenvalue weighted by Crippen LogP contribution is -2.41. The molecule has 0 bridgehead atoms. The van der Waals surface area contributed by atoms with Gasteiger partial charge in [0.25, 0.3) is 5.91 Å². The van der Waals surface area contributed by atoms with Crippen molar-refractivity contribution in [3.05, 3.63) is 24.3 Å². The van der Waals surface area contributed by atoms with Gasteiger partial charge in [0, 0.05) is 0 Å². The first-order valence-corrected chi connectivity index (χ1v) is 8.08. The first-order chi connectivity index (χ1) is 10.7. The SMILES string of the molecule is CCCC(Oc1cccc(B2OC(C)(C)C(C)(C)O2)c1)C(N)=O. The van der Waals surface area contributed by atoms with Crippen LogP contribution in [0, 0.1) is 0 Å². The molecule has 2 N–H and O–H groups in total. The number of carbonyl (C=O) groups is 1. The Kier molecular flexibility index (Phi) is 5.06. The van der Waals surface area contributed by atoms with Crippen LogP contribution in [0.2, 0.25) is 0 Å². The standard InChI is InChI=1S/C17H26BNO4/c1-6-8-14(15(19)20)21-13-10-7-9-12(11-13)18-22-16(2,3)17(4,5)23-18/h7,9-11,14H,6,8H2,1-5H3,(H2,19,20). The Hall–Kier alpha value is -1.53. The maximum absolute atomic E-state index is 11.5. The smallest absolute Gasteiger partial charge is 0.481 e. The number of hydrogen-bond donors (Lipinski definition) is 1. The molecule has 0 radical (unpaired) electrons. The Bertz CT molecular complexity index is 557. The third-order valence-corrected chi connectivity index (χ3v) is 4.53. The largest absolute Gasteiger partial charge is 0.494 e. The molecule has 6 heteroatoms. The Morgan fingerprint density at radius 2 is 1.87 bits per heavy atom. The van der Waals surface area contributed by atoms with E-state index in [1.165, 1.54) is 0 Å².